The number of para-hydroxylation sites is 1. The number of nitrogens with one attached hydrogen (secondary N) is 2. The summed E-state index contributed by atoms with van der Waals surface area (Å²) in [5.74, 6) is 1.70. The molecule has 1 heterocycles. The van der Waals surface area contributed by atoms with Crippen LogP contribution in [0.5, 0.6) is 5.75 Å². The SMILES string of the molecule is CCNC(=NCc1ccccc1COc1ccccc1)NCC1CCCO1. The average molecular weight is 367 g/mol. The van der Waals surface area contributed by atoms with Crippen molar-refractivity contribution in [2.45, 2.75) is 39.0 Å². The Balaban J connectivity index is 1.59. The maximum atomic E-state index is 5.91. The van der Waals surface area contributed by atoms with Gasteiger partial charge in [0.15, 0.2) is 5.96 Å². The van der Waals surface area contributed by atoms with E-state index in [1.165, 1.54) is 5.56 Å². The summed E-state index contributed by atoms with van der Waals surface area (Å²) >= 11 is 0. The van der Waals surface area contributed by atoms with Crippen LogP contribution in [0.3, 0.4) is 0 Å². The molecule has 1 atom stereocenters. The first-order chi connectivity index (χ1) is 13.3. The van der Waals surface area contributed by atoms with Crippen LogP contribution in [0.1, 0.15) is 30.9 Å². The lowest BCUT2D eigenvalue weighted by atomic mass is 10.1. The minimum atomic E-state index is 0.292. The first-order valence-corrected chi connectivity index (χ1v) is 9.73. The molecule has 5 heteroatoms. The van der Waals surface area contributed by atoms with Crippen LogP contribution in [0.15, 0.2) is 59.6 Å². The van der Waals surface area contributed by atoms with Gasteiger partial charge in [0.05, 0.1) is 12.6 Å². The Kier molecular flexibility index (Phi) is 7.54. The highest BCUT2D eigenvalue weighted by molar-refractivity contribution is 5.79. The van der Waals surface area contributed by atoms with Crippen LogP contribution in [0.2, 0.25) is 0 Å². The van der Waals surface area contributed by atoms with Crippen molar-refractivity contribution in [1.82, 2.24) is 10.6 Å². The molecule has 1 aliphatic heterocycles. The summed E-state index contributed by atoms with van der Waals surface area (Å²) in [7, 11) is 0. The smallest absolute Gasteiger partial charge is 0.191 e. The van der Waals surface area contributed by atoms with E-state index in [0.29, 0.717) is 19.3 Å². The van der Waals surface area contributed by atoms with E-state index in [9.17, 15) is 0 Å². The highest BCUT2D eigenvalue weighted by Gasteiger charge is 2.15. The van der Waals surface area contributed by atoms with E-state index < -0.39 is 0 Å². The molecule has 0 bridgehead atoms. The minimum Gasteiger partial charge on any atom is -0.489 e. The third-order valence-corrected chi connectivity index (χ3v) is 4.53. The molecule has 0 aliphatic carbocycles. The Labute approximate surface area is 161 Å². The lowest BCUT2D eigenvalue weighted by Gasteiger charge is -2.15. The third kappa shape index (κ3) is 6.29. The van der Waals surface area contributed by atoms with Gasteiger partial charge in [-0.15, -0.1) is 0 Å². The molecule has 0 saturated carbocycles. The van der Waals surface area contributed by atoms with Gasteiger partial charge < -0.3 is 20.1 Å². The van der Waals surface area contributed by atoms with Crippen LogP contribution in [0, 0.1) is 0 Å². The van der Waals surface area contributed by atoms with E-state index in [2.05, 4.69) is 29.7 Å². The van der Waals surface area contributed by atoms with E-state index in [1.807, 2.05) is 42.5 Å². The summed E-state index contributed by atoms with van der Waals surface area (Å²) in [6.07, 6.45) is 2.56. The molecular weight excluding hydrogens is 338 g/mol. The zero-order valence-corrected chi connectivity index (χ0v) is 16.0. The lowest BCUT2D eigenvalue weighted by Crippen LogP contribution is -2.41. The molecule has 0 spiro atoms. The summed E-state index contributed by atoms with van der Waals surface area (Å²) in [6.45, 7) is 5.71. The Morgan fingerprint density at radius 3 is 2.59 bits per heavy atom. The molecular formula is C22H29N3O2. The van der Waals surface area contributed by atoms with E-state index in [-0.39, 0.29) is 0 Å². The van der Waals surface area contributed by atoms with Gasteiger partial charge in [0.1, 0.15) is 12.4 Å². The fourth-order valence-corrected chi connectivity index (χ4v) is 3.05. The van der Waals surface area contributed by atoms with Crippen LogP contribution < -0.4 is 15.4 Å². The van der Waals surface area contributed by atoms with Gasteiger partial charge in [-0.2, -0.15) is 0 Å². The Morgan fingerprint density at radius 2 is 1.85 bits per heavy atom. The predicted molar refractivity (Wildman–Crippen MR) is 109 cm³/mol. The summed E-state index contributed by atoms with van der Waals surface area (Å²) in [4.78, 5) is 4.74. The zero-order valence-electron chi connectivity index (χ0n) is 16.0. The summed E-state index contributed by atoms with van der Waals surface area (Å²) in [5, 5.41) is 6.70. The first-order valence-electron chi connectivity index (χ1n) is 9.73. The van der Waals surface area contributed by atoms with Crippen molar-refractivity contribution < 1.29 is 9.47 Å². The number of ether oxygens (including phenoxy) is 2. The van der Waals surface area contributed by atoms with Gasteiger partial charge in [-0.05, 0) is 43.0 Å². The normalized spacial score (nSPS) is 16.9. The van der Waals surface area contributed by atoms with Crippen LogP contribution in [0.25, 0.3) is 0 Å². The topological polar surface area (TPSA) is 54.9 Å². The van der Waals surface area contributed by atoms with Crippen molar-refractivity contribution >= 4 is 5.96 Å². The molecule has 1 saturated heterocycles. The number of nitrogens with zero attached hydrogens (tertiary/aromatic N) is 1. The molecule has 5 nitrogen and oxygen atoms in total. The standard InChI is InChI=1S/C22H29N3O2/c1-2-23-22(25-16-21-13-8-14-26-21)24-15-18-9-6-7-10-19(18)17-27-20-11-4-3-5-12-20/h3-7,9-12,21H,2,8,13-17H2,1H3,(H2,23,24,25). The van der Waals surface area contributed by atoms with E-state index >= 15 is 0 Å². The summed E-state index contributed by atoms with van der Waals surface area (Å²) in [5.41, 5.74) is 2.32. The fraction of sp³-hybridized carbons (Fsp3) is 0.409. The summed E-state index contributed by atoms with van der Waals surface area (Å²) < 4.78 is 11.6. The molecule has 2 aromatic rings. The maximum absolute atomic E-state index is 5.91. The van der Waals surface area contributed by atoms with Crippen molar-refractivity contribution in [2.24, 2.45) is 4.99 Å². The Morgan fingerprint density at radius 1 is 1.07 bits per heavy atom. The predicted octanol–water partition coefficient (Wildman–Crippen LogP) is 3.50. The number of benzene rings is 2. The second-order valence-corrected chi connectivity index (χ2v) is 6.58. The quantitative estimate of drug-likeness (QED) is 0.554. The monoisotopic (exact) mass is 367 g/mol. The maximum Gasteiger partial charge on any atom is 0.191 e. The van der Waals surface area contributed by atoms with E-state index in [1.54, 1.807) is 0 Å². The number of rotatable bonds is 8. The van der Waals surface area contributed by atoms with Gasteiger partial charge in [0.25, 0.3) is 0 Å². The van der Waals surface area contributed by atoms with E-state index in [0.717, 1.165) is 49.8 Å². The molecule has 2 N–H and O–H groups in total. The molecule has 2 aromatic carbocycles. The number of hydrogen-bond acceptors (Lipinski definition) is 3. The van der Waals surface area contributed by atoms with Crippen molar-refractivity contribution in [1.29, 1.82) is 0 Å². The number of guanidine groups is 1. The third-order valence-electron chi connectivity index (χ3n) is 4.53. The molecule has 27 heavy (non-hydrogen) atoms. The molecule has 0 aromatic heterocycles. The minimum absolute atomic E-state index is 0.292. The van der Waals surface area contributed by atoms with Gasteiger partial charge in [-0.3, -0.25) is 0 Å². The van der Waals surface area contributed by atoms with Gasteiger partial charge in [-0.1, -0.05) is 42.5 Å². The van der Waals surface area contributed by atoms with Crippen molar-refractivity contribution in [2.75, 3.05) is 19.7 Å². The fourth-order valence-electron chi connectivity index (χ4n) is 3.05. The van der Waals surface area contributed by atoms with Crippen LogP contribution in [-0.2, 0) is 17.9 Å². The second kappa shape index (κ2) is 10.6. The van der Waals surface area contributed by atoms with Crippen molar-refractivity contribution in [3.05, 3.63) is 65.7 Å². The van der Waals surface area contributed by atoms with Crippen LogP contribution in [-0.4, -0.2) is 31.8 Å². The van der Waals surface area contributed by atoms with Crippen molar-refractivity contribution in [3.63, 3.8) is 0 Å². The van der Waals surface area contributed by atoms with Crippen LogP contribution >= 0.6 is 0 Å². The molecule has 144 valence electrons. The van der Waals surface area contributed by atoms with Gasteiger partial charge >= 0.3 is 0 Å². The molecule has 0 radical (unpaired) electrons. The summed E-state index contributed by atoms with van der Waals surface area (Å²) in [6, 6.07) is 18.2. The largest absolute Gasteiger partial charge is 0.489 e. The molecule has 3 rings (SSSR count). The van der Waals surface area contributed by atoms with E-state index in [4.69, 9.17) is 14.5 Å². The number of hydrogen-bond donors (Lipinski definition) is 2. The zero-order chi connectivity index (χ0) is 18.7. The second-order valence-electron chi connectivity index (χ2n) is 6.58. The molecule has 1 unspecified atom stereocenters. The molecule has 1 aliphatic rings. The Bertz CT molecular complexity index is 713. The van der Waals surface area contributed by atoms with Gasteiger partial charge in [-0.25, -0.2) is 4.99 Å². The van der Waals surface area contributed by atoms with Gasteiger partial charge in [0, 0.05) is 19.7 Å². The molecule has 1 fully saturated rings. The molecule has 0 amide bonds. The highest BCUT2D eigenvalue weighted by Crippen LogP contribution is 2.15. The highest BCUT2D eigenvalue weighted by atomic mass is 16.5. The van der Waals surface area contributed by atoms with Crippen molar-refractivity contribution in [3.8, 4) is 5.75 Å². The van der Waals surface area contributed by atoms with Gasteiger partial charge in [0.2, 0.25) is 0 Å². The van der Waals surface area contributed by atoms with Crippen LogP contribution in [0.4, 0.5) is 0 Å². The Hall–Kier alpha value is -2.53. The average Bonchev–Trinajstić information content (AvgIpc) is 3.23. The first kappa shape index (κ1) is 19.2. The number of aliphatic imine (C=N–C) groups is 1. The lowest BCUT2D eigenvalue weighted by molar-refractivity contribution is 0.114.